The van der Waals surface area contributed by atoms with Crippen LogP contribution in [0.15, 0.2) is 57.5 Å². The number of hydrogen-bond acceptors (Lipinski definition) is 7. The van der Waals surface area contributed by atoms with Gasteiger partial charge in [-0.05, 0) is 62.1 Å². The van der Waals surface area contributed by atoms with E-state index in [1.54, 1.807) is 38.1 Å². The van der Waals surface area contributed by atoms with Crippen molar-refractivity contribution in [1.29, 1.82) is 0 Å². The largest absolute Gasteiger partial charge is 1.00 e. The van der Waals surface area contributed by atoms with E-state index < -0.39 is 35.7 Å². The summed E-state index contributed by atoms with van der Waals surface area (Å²) in [6.07, 6.45) is 0.281. The minimum atomic E-state index is -1.38. The molecule has 2 aromatic rings. The second-order valence-corrected chi connectivity index (χ2v) is 8.78. The van der Waals surface area contributed by atoms with E-state index in [-0.39, 0.29) is 82.9 Å². The van der Waals surface area contributed by atoms with Crippen LogP contribution in [0.1, 0.15) is 25.0 Å². The third-order valence-corrected chi connectivity index (χ3v) is 5.50. The van der Waals surface area contributed by atoms with E-state index in [4.69, 9.17) is 19.7 Å². The van der Waals surface area contributed by atoms with Gasteiger partial charge in [0.05, 0.1) is 13.2 Å². The molecule has 9 nitrogen and oxygen atoms in total. The molecule has 2 aromatic carbocycles. The van der Waals surface area contributed by atoms with Gasteiger partial charge in [0.25, 0.3) is 0 Å². The van der Waals surface area contributed by atoms with E-state index in [1.165, 1.54) is 0 Å². The molecule has 0 saturated carbocycles. The Kier molecular flexibility index (Phi) is 20.5. The van der Waals surface area contributed by atoms with Gasteiger partial charge >= 0.3 is 75.3 Å². The Morgan fingerprint density at radius 1 is 0.694 bits per heavy atom. The van der Waals surface area contributed by atoms with Crippen molar-refractivity contribution in [2.75, 3.05) is 13.2 Å². The number of esters is 2. The van der Waals surface area contributed by atoms with Crippen molar-refractivity contribution >= 4 is 55.7 Å². The maximum atomic E-state index is 11.8. The number of carbonyl (C=O) groups is 4. The summed E-state index contributed by atoms with van der Waals surface area (Å²) in [5, 5.41) is 17.3. The molecule has 3 N–H and O–H groups in total. The Balaban J connectivity index is 0. The van der Waals surface area contributed by atoms with Gasteiger partial charge in [0, 0.05) is 8.95 Å². The summed E-state index contributed by atoms with van der Waals surface area (Å²) < 4.78 is 11.7. The van der Waals surface area contributed by atoms with Crippen LogP contribution < -0.4 is 51.4 Å². The standard InChI is InChI=1S/C14H17BrO4.C10H9BrO4.K.H2O/c1-3-18-13(16)12(14(17)19-4-2)9-10-5-7-11(15)8-6-10;11-7-3-1-6(2-4-7)5-8(9(12)13)10(14)15;;/h5-8,12H,3-4,9H2,1-2H3;1-4,8H,5H2,(H,12,13)(H,14,15);;1H2/q;;+1;/p-1. The fourth-order valence-corrected chi connectivity index (χ4v) is 3.27. The van der Waals surface area contributed by atoms with Gasteiger partial charge in [-0.2, -0.15) is 0 Å². The van der Waals surface area contributed by atoms with E-state index >= 15 is 0 Å². The molecule has 0 amide bonds. The first-order valence-electron chi connectivity index (χ1n) is 10.4. The predicted molar refractivity (Wildman–Crippen MR) is 133 cm³/mol. The van der Waals surface area contributed by atoms with E-state index in [2.05, 4.69) is 31.9 Å². The number of benzene rings is 2. The molecule has 0 fully saturated rings. The van der Waals surface area contributed by atoms with Crippen LogP contribution in [-0.2, 0) is 41.5 Å². The summed E-state index contributed by atoms with van der Waals surface area (Å²) in [6, 6.07) is 14.3. The summed E-state index contributed by atoms with van der Waals surface area (Å²) in [6.45, 7) is 3.91. The molecule has 0 saturated heterocycles. The van der Waals surface area contributed by atoms with Crippen LogP contribution in [0.5, 0.6) is 0 Å². The van der Waals surface area contributed by atoms with E-state index in [0.29, 0.717) is 5.56 Å². The molecule has 0 aliphatic heterocycles. The minimum absolute atomic E-state index is 0. The molecular weight excluding hydrogens is 631 g/mol. The van der Waals surface area contributed by atoms with Gasteiger partial charge < -0.3 is 25.2 Å². The zero-order valence-electron chi connectivity index (χ0n) is 20.1. The number of carboxylic acids is 2. The Bertz CT molecular complexity index is 935. The third kappa shape index (κ3) is 14.0. The average molecular weight is 658 g/mol. The van der Waals surface area contributed by atoms with Crippen molar-refractivity contribution in [2.45, 2.75) is 26.7 Å². The molecule has 12 heteroatoms. The number of carboxylic acid groups (broad SMARTS) is 2. The van der Waals surface area contributed by atoms with Crippen molar-refractivity contribution in [3.8, 4) is 0 Å². The van der Waals surface area contributed by atoms with Gasteiger partial charge in [-0.3, -0.25) is 19.2 Å². The van der Waals surface area contributed by atoms with E-state index in [0.717, 1.165) is 14.5 Å². The number of ether oxygens (including phenoxy) is 2. The molecular formula is C24H27Br2KO9. The van der Waals surface area contributed by atoms with Crippen molar-refractivity contribution in [3.05, 3.63) is 68.6 Å². The quantitative estimate of drug-likeness (QED) is 0.219. The molecule has 0 aliphatic rings. The zero-order chi connectivity index (χ0) is 25.7. The summed E-state index contributed by atoms with van der Waals surface area (Å²) in [7, 11) is 0. The van der Waals surface area contributed by atoms with Crippen LogP contribution in [0.2, 0.25) is 0 Å². The van der Waals surface area contributed by atoms with Crippen LogP contribution in [0.3, 0.4) is 0 Å². The van der Waals surface area contributed by atoms with Crippen LogP contribution in [0, 0.1) is 11.8 Å². The van der Waals surface area contributed by atoms with Crippen LogP contribution in [-0.4, -0.2) is 52.8 Å². The Morgan fingerprint density at radius 3 is 1.28 bits per heavy atom. The van der Waals surface area contributed by atoms with E-state index in [9.17, 15) is 19.2 Å². The zero-order valence-corrected chi connectivity index (χ0v) is 26.4. The first kappa shape index (κ1) is 37.0. The summed E-state index contributed by atoms with van der Waals surface area (Å²) in [5.74, 6) is -5.99. The van der Waals surface area contributed by atoms with Crippen LogP contribution in [0.25, 0.3) is 0 Å². The minimum Gasteiger partial charge on any atom is -0.870 e. The van der Waals surface area contributed by atoms with Gasteiger partial charge in [0.1, 0.15) is 0 Å². The molecule has 0 atom stereocenters. The number of halogens is 2. The number of aliphatic carboxylic acids is 2. The summed E-state index contributed by atoms with van der Waals surface area (Å²) in [4.78, 5) is 44.8. The van der Waals surface area contributed by atoms with Crippen LogP contribution >= 0.6 is 31.9 Å². The Labute approximate surface area is 268 Å². The number of hydrogen-bond donors (Lipinski definition) is 2. The SMILES string of the molecule is CCOC(=O)C(Cc1ccc(Br)cc1)C(=O)OCC.O=C(O)C(Cc1ccc(Br)cc1)C(=O)O.[K+].[OH-]. The van der Waals surface area contributed by atoms with Gasteiger partial charge in [0.15, 0.2) is 11.8 Å². The van der Waals surface area contributed by atoms with Gasteiger partial charge in [-0.1, -0.05) is 56.1 Å². The number of rotatable bonds is 10. The Morgan fingerprint density at radius 2 is 1.00 bits per heavy atom. The summed E-state index contributed by atoms with van der Waals surface area (Å²) >= 11 is 6.57. The smallest absolute Gasteiger partial charge is 0.870 e. The molecule has 2 rings (SSSR count). The normalized spacial score (nSPS) is 9.72. The summed E-state index contributed by atoms with van der Waals surface area (Å²) in [5.41, 5.74) is 1.57. The molecule has 0 aliphatic carbocycles. The first-order valence-corrected chi connectivity index (χ1v) is 11.9. The molecule has 0 radical (unpaired) electrons. The fourth-order valence-electron chi connectivity index (χ4n) is 2.74. The molecule has 0 aromatic heterocycles. The molecule has 0 spiro atoms. The maximum absolute atomic E-state index is 11.8. The van der Waals surface area contributed by atoms with Crippen LogP contribution in [0.4, 0.5) is 0 Å². The second kappa shape index (κ2) is 19.9. The number of carbonyl (C=O) groups excluding carboxylic acids is 2. The topological polar surface area (TPSA) is 157 Å². The molecule has 0 heterocycles. The van der Waals surface area contributed by atoms with Gasteiger partial charge in [-0.15, -0.1) is 0 Å². The van der Waals surface area contributed by atoms with Gasteiger partial charge in [-0.25, -0.2) is 0 Å². The van der Waals surface area contributed by atoms with Gasteiger partial charge in [0.2, 0.25) is 0 Å². The molecule has 36 heavy (non-hydrogen) atoms. The van der Waals surface area contributed by atoms with Crippen molar-refractivity contribution in [1.82, 2.24) is 0 Å². The third-order valence-electron chi connectivity index (χ3n) is 4.44. The second-order valence-electron chi connectivity index (χ2n) is 6.95. The fraction of sp³-hybridized carbons (Fsp3) is 0.333. The monoisotopic (exact) mass is 656 g/mol. The predicted octanol–water partition coefficient (Wildman–Crippen LogP) is 1.34. The molecule has 0 bridgehead atoms. The average Bonchev–Trinajstić information content (AvgIpc) is 2.78. The maximum Gasteiger partial charge on any atom is 1.00 e. The van der Waals surface area contributed by atoms with Crippen molar-refractivity contribution in [2.24, 2.45) is 11.8 Å². The molecule has 192 valence electrons. The Hall–Kier alpha value is -1.12. The first-order chi connectivity index (χ1) is 16.1. The van der Waals surface area contributed by atoms with Crippen molar-refractivity contribution in [3.63, 3.8) is 0 Å². The van der Waals surface area contributed by atoms with E-state index in [1.807, 2.05) is 24.3 Å². The molecule has 0 unspecified atom stereocenters. The van der Waals surface area contributed by atoms with Crippen molar-refractivity contribution < 1.29 is 95.7 Å².